The molecule has 3 saturated heterocycles. The topological polar surface area (TPSA) is 41.9 Å². The van der Waals surface area contributed by atoms with Gasteiger partial charge >= 0.3 is 0 Å². The van der Waals surface area contributed by atoms with Crippen molar-refractivity contribution in [2.75, 3.05) is 19.7 Å². The molecule has 2 atom stereocenters. The molecule has 0 aliphatic carbocycles. The molecule has 3 heterocycles. The summed E-state index contributed by atoms with van der Waals surface area (Å²) in [5.41, 5.74) is 1.21. The summed E-state index contributed by atoms with van der Waals surface area (Å²) in [6.07, 6.45) is 3.09. The Morgan fingerprint density at radius 2 is 1.96 bits per heavy atom. The average molecular weight is 319 g/mol. The summed E-state index contributed by atoms with van der Waals surface area (Å²) in [7, 11) is 0. The summed E-state index contributed by atoms with van der Waals surface area (Å²) in [5.74, 6) is 2.10. The van der Waals surface area contributed by atoms with Gasteiger partial charge in [-0.2, -0.15) is 0 Å². The zero-order chi connectivity index (χ0) is 16.4. The summed E-state index contributed by atoms with van der Waals surface area (Å²) < 4.78 is 11.6. The van der Waals surface area contributed by atoms with Gasteiger partial charge in [0, 0.05) is 6.04 Å². The van der Waals surface area contributed by atoms with Crippen molar-refractivity contribution in [3.63, 3.8) is 0 Å². The highest BCUT2D eigenvalue weighted by Crippen LogP contribution is 2.35. The van der Waals surface area contributed by atoms with Crippen molar-refractivity contribution in [1.82, 2.24) is 4.90 Å². The van der Waals surface area contributed by atoms with Crippen LogP contribution in [0.15, 0.2) is 18.2 Å². The minimum Gasteiger partial charge on any atom is -0.490 e. The second-order valence-electron chi connectivity index (χ2n) is 7.02. The molecule has 0 aromatic heterocycles. The van der Waals surface area contributed by atoms with Gasteiger partial charge in [-0.1, -0.05) is 6.07 Å². The van der Waals surface area contributed by atoms with Gasteiger partial charge in [0.05, 0.1) is 18.8 Å². The van der Waals surface area contributed by atoms with Gasteiger partial charge < -0.3 is 14.6 Å². The van der Waals surface area contributed by atoms with Gasteiger partial charge in [-0.3, -0.25) is 4.90 Å². The molecule has 4 rings (SSSR count). The van der Waals surface area contributed by atoms with Gasteiger partial charge in [0.15, 0.2) is 11.5 Å². The molecule has 0 amide bonds. The molecule has 3 aliphatic heterocycles. The first-order chi connectivity index (χ1) is 11.1. The number of aliphatic hydroxyl groups is 1. The Balaban J connectivity index is 1.76. The summed E-state index contributed by atoms with van der Waals surface area (Å²) in [5, 5.41) is 10.6. The quantitative estimate of drug-likeness (QED) is 0.875. The lowest BCUT2D eigenvalue weighted by Crippen LogP contribution is -2.58. The normalized spacial score (nSPS) is 29.8. The van der Waals surface area contributed by atoms with E-state index >= 15 is 0 Å². The SMILES string of the molecule is CCOc1cc(CC2C(O)C3CCN2CC3)ccc1OC(C)C. The average Bonchev–Trinajstić information content (AvgIpc) is 2.53. The predicted molar refractivity (Wildman–Crippen MR) is 91.2 cm³/mol. The number of aliphatic hydroxyl groups excluding tert-OH is 1. The summed E-state index contributed by atoms with van der Waals surface area (Å²) in [4.78, 5) is 2.45. The minimum atomic E-state index is -0.195. The van der Waals surface area contributed by atoms with E-state index in [9.17, 15) is 5.11 Å². The molecular weight excluding hydrogens is 290 g/mol. The maximum atomic E-state index is 10.6. The van der Waals surface area contributed by atoms with Gasteiger partial charge in [-0.05, 0) is 76.7 Å². The van der Waals surface area contributed by atoms with Gasteiger partial charge in [-0.25, -0.2) is 0 Å². The van der Waals surface area contributed by atoms with E-state index in [1.807, 2.05) is 26.8 Å². The van der Waals surface area contributed by atoms with Gasteiger partial charge in [0.25, 0.3) is 0 Å². The van der Waals surface area contributed by atoms with E-state index in [2.05, 4.69) is 17.0 Å². The third-order valence-corrected chi connectivity index (χ3v) is 5.04. The molecule has 4 nitrogen and oxygen atoms in total. The Kier molecular flexibility index (Phi) is 5.12. The maximum Gasteiger partial charge on any atom is 0.161 e. The monoisotopic (exact) mass is 319 g/mol. The van der Waals surface area contributed by atoms with Gasteiger partial charge in [0.1, 0.15) is 0 Å². The highest BCUT2D eigenvalue weighted by molar-refractivity contribution is 5.43. The lowest BCUT2D eigenvalue weighted by Gasteiger charge is -2.49. The second-order valence-corrected chi connectivity index (χ2v) is 7.02. The van der Waals surface area contributed by atoms with Crippen LogP contribution < -0.4 is 9.47 Å². The van der Waals surface area contributed by atoms with Crippen molar-refractivity contribution in [3.05, 3.63) is 23.8 Å². The maximum absolute atomic E-state index is 10.6. The minimum absolute atomic E-state index is 0.127. The number of hydrogen-bond donors (Lipinski definition) is 1. The highest BCUT2D eigenvalue weighted by atomic mass is 16.5. The molecule has 3 fully saturated rings. The Morgan fingerprint density at radius 3 is 2.57 bits per heavy atom. The lowest BCUT2D eigenvalue weighted by atomic mass is 9.78. The van der Waals surface area contributed by atoms with Crippen LogP contribution in [0.25, 0.3) is 0 Å². The Labute approximate surface area is 139 Å². The number of benzene rings is 1. The zero-order valence-corrected chi connectivity index (χ0v) is 14.5. The molecule has 2 bridgehead atoms. The van der Waals surface area contributed by atoms with E-state index in [4.69, 9.17) is 9.47 Å². The number of fused-ring (bicyclic) bond motifs is 3. The van der Waals surface area contributed by atoms with Crippen molar-refractivity contribution in [3.8, 4) is 11.5 Å². The van der Waals surface area contributed by atoms with Crippen LogP contribution >= 0.6 is 0 Å². The van der Waals surface area contributed by atoms with Gasteiger partial charge in [-0.15, -0.1) is 0 Å². The molecule has 4 heteroatoms. The van der Waals surface area contributed by atoms with Crippen LogP contribution in [0.3, 0.4) is 0 Å². The van der Waals surface area contributed by atoms with Crippen LogP contribution in [0.5, 0.6) is 11.5 Å². The lowest BCUT2D eigenvalue weighted by molar-refractivity contribution is -0.0715. The van der Waals surface area contributed by atoms with Crippen molar-refractivity contribution in [2.24, 2.45) is 5.92 Å². The van der Waals surface area contributed by atoms with Crippen molar-refractivity contribution >= 4 is 0 Å². The first-order valence-corrected chi connectivity index (χ1v) is 8.93. The van der Waals surface area contributed by atoms with Crippen LogP contribution in [0.1, 0.15) is 39.2 Å². The summed E-state index contributed by atoms with van der Waals surface area (Å²) in [6.45, 7) is 8.90. The van der Waals surface area contributed by atoms with Crippen LogP contribution in [-0.4, -0.2) is 48.0 Å². The number of piperidine rings is 3. The Hall–Kier alpha value is -1.26. The van der Waals surface area contributed by atoms with Crippen molar-refractivity contribution in [1.29, 1.82) is 0 Å². The van der Waals surface area contributed by atoms with Crippen LogP contribution in [-0.2, 0) is 6.42 Å². The van der Waals surface area contributed by atoms with E-state index in [0.717, 1.165) is 43.9 Å². The van der Waals surface area contributed by atoms with Crippen LogP contribution in [0.4, 0.5) is 0 Å². The fraction of sp³-hybridized carbons (Fsp3) is 0.684. The van der Waals surface area contributed by atoms with Crippen LogP contribution in [0, 0.1) is 5.92 Å². The van der Waals surface area contributed by atoms with E-state index in [-0.39, 0.29) is 18.2 Å². The van der Waals surface area contributed by atoms with Crippen molar-refractivity contribution in [2.45, 2.75) is 58.3 Å². The third kappa shape index (κ3) is 3.64. The van der Waals surface area contributed by atoms with E-state index in [1.54, 1.807) is 0 Å². The van der Waals surface area contributed by atoms with E-state index < -0.39 is 0 Å². The molecule has 2 unspecified atom stereocenters. The standard InChI is InChI=1S/C19H29NO3/c1-4-22-18-12-14(5-6-17(18)23-13(2)3)11-16-19(21)15-7-9-20(16)10-8-15/h5-6,12-13,15-16,19,21H,4,7-11H2,1-3H3. The molecule has 23 heavy (non-hydrogen) atoms. The Morgan fingerprint density at radius 1 is 1.22 bits per heavy atom. The number of hydrogen-bond acceptors (Lipinski definition) is 4. The van der Waals surface area contributed by atoms with E-state index in [1.165, 1.54) is 5.56 Å². The first kappa shape index (κ1) is 16.6. The predicted octanol–water partition coefficient (Wildman–Crippen LogP) is 2.87. The smallest absolute Gasteiger partial charge is 0.161 e. The molecule has 3 aliphatic rings. The number of rotatable bonds is 6. The van der Waals surface area contributed by atoms with E-state index in [0.29, 0.717) is 12.5 Å². The molecule has 0 radical (unpaired) electrons. The van der Waals surface area contributed by atoms with Crippen molar-refractivity contribution < 1.29 is 14.6 Å². The molecule has 1 aromatic carbocycles. The first-order valence-electron chi connectivity index (χ1n) is 8.93. The summed E-state index contributed by atoms with van der Waals surface area (Å²) >= 11 is 0. The number of ether oxygens (including phenoxy) is 2. The second kappa shape index (κ2) is 7.10. The molecule has 128 valence electrons. The molecule has 0 spiro atoms. The number of nitrogens with zero attached hydrogens (tertiary/aromatic N) is 1. The van der Waals surface area contributed by atoms with Gasteiger partial charge in [0.2, 0.25) is 0 Å². The molecule has 1 N–H and O–H groups in total. The third-order valence-electron chi connectivity index (χ3n) is 5.04. The molecule has 1 aromatic rings. The van der Waals surface area contributed by atoms with Crippen LogP contribution in [0.2, 0.25) is 0 Å². The fourth-order valence-electron chi connectivity index (χ4n) is 3.91. The fourth-order valence-corrected chi connectivity index (χ4v) is 3.91. The Bertz CT molecular complexity index is 521. The highest BCUT2D eigenvalue weighted by Gasteiger charge is 2.40. The largest absolute Gasteiger partial charge is 0.490 e. The molecule has 0 saturated carbocycles. The molecular formula is C19H29NO3. The zero-order valence-electron chi connectivity index (χ0n) is 14.5. The summed E-state index contributed by atoms with van der Waals surface area (Å²) in [6, 6.07) is 6.44.